The molecule has 0 aromatic heterocycles. The summed E-state index contributed by atoms with van der Waals surface area (Å²) in [5.74, 6) is 0.502. The van der Waals surface area contributed by atoms with Gasteiger partial charge in [0.2, 0.25) is 0 Å². The third-order valence-electron chi connectivity index (χ3n) is 4.29. The van der Waals surface area contributed by atoms with Crippen LogP contribution in [-0.4, -0.2) is 29.9 Å². The van der Waals surface area contributed by atoms with Crippen LogP contribution in [0.3, 0.4) is 0 Å². The lowest BCUT2D eigenvalue weighted by Gasteiger charge is -2.20. The lowest BCUT2D eigenvalue weighted by molar-refractivity contribution is 0.0618. The molecule has 2 aromatic carbocycles. The molecule has 0 fully saturated rings. The van der Waals surface area contributed by atoms with Gasteiger partial charge in [-0.25, -0.2) is 0 Å². The number of amides is 2. The van der Waals surface area contributed by atoms with E-state index < -0.39 is 0 Å². The van der Waals surface area contributed by atoms with Gasteiger partial charge in [0.25, 0.3) is 11.8 Å². The maximum absolute atomic E-state index is 12.4. The van der Waals surface area contributed by atoms with Crippen LogP contribution in [0.1, 0.15) is 38.8 Å². The predicted octanol–water partition coefficient (Wildman–Crippen LogP) is 3.61. The molecular formula is C20H21NO3. The van der Waals surface area contributed by atoms with Gasteiger partial charge in [-0.05, 0) is 37.1 Å². The lowest BCUT2D eigenvalue weighted by atomic mass is 10.1. The maximum Gasteiger partial charge on any atom is 0.261 e. The fourth-order valence-corrected chi connectivity index (χ4v) is 3.02. The molecule has 0 unspecified atom stereocenters. The van der Waals surface area contributed by atoms with Gasteiger partial charge in [0.1, 0.15) is 5.75 Å². The third-order valence-corrected chi connectivity index (χ3v) is 4.29. The van der Waals surface area contributed by atoms with Crippen LogP contribution in [0, 0.1) is 19.8 Å². The largest absolute Gasteiger partial charge is 0.493 e. The number of nitrogens with zero attached hydrogens (tertiary/aromatic N) is 1. The van der Waals surface area contributed by atoms with Gasteiger partial charge in [0.15, 0.2) is 0 Å². The Morgan fingerprint density at radius 1 is 0.917 bits per heavy atom. The molecule has 0 bridgehead atoms. The Labute approximate surface area is 142 Å². The number of rotatable bonds is 5. The van der Waals surface area contributed by atoms with Gasteiger partial charge in [0.05, 0.1) is 17.7 Å². The Balaban J connectivity index is 1.65. The minimum atomic E-state index is -0.213. The summed E-state index contributed by atoms with van der Waals surface area (Å²) in [5, 5.41) is 0. The molecule has 0 saturated carbocycles. The molecule has 1 heterocycles. The number of hydrogen-bond acceptors (Lipinski definition) is 3. The molecule has 1 atom stereocenters. The van der Waals surface area contributed by atoms with Gasteiger partial charge in [-0.15, -0.1) is 0 Å². The number of hydrogen-bond donors (Lipinski definition) is 0. The average molecular weight is 323 g/mol. The highest BCUT2D eigenvalue weighted by Crippen LogP contribution is 2.25. The highest BCUT2D eigenvalue weighted by atomic mass is 16.5. The van der Waals surface area contributed by atoms with Crippen LogP contribution < -0.4 is 4.74 Å². The van der Waals surface area contributed by atoms with Crippen molar-refractivity contribution in [2.75, 3.05) is 13.2 Å². The minimum absolute atomic E-state index is 0.0474. The van der Waals surface area contributed by atoms with Crippen LogP contribution in [0.15, 0.2) is 42.5 Å². The number of benzene rings is 2. The highest BCUT2D eigenvalue weighted by Gasteiger charge is 2.35. The summed E-state index contributed by atoms with van der Waals surface area (Å²) in [5.41, 5.74) is 3.15. The fraction of sp³-hybridized carbons (Fsp3) is 0.300. The van der Waals surface area contributed by atoms with Crippen LogP contribution >= 0.6 is 0 Å². The molecule has 2 aromatic rings. The second kappa shape index (κ2) is 6.48. The predicted molar refractivity (Wildman–Crippen MR) is 92.4 cm³/mol. The monoisotopic (exact) mass is 323 g/mol. The van der Waals surface area contributed by atoms with Crippen LogP contribution in [0.5, 0.6) is 5.75 Å². The fourth-order valence-electron chi connectivity index (χ4n) is 3.02. The molecular weight excluding hydrogens is 302 g/mol. The van der Waals surface area contributed by atoms with E-state index in [0.29, 0.717) is 24.3 Å². The smallest absolute Gasteiger partial charge is 0.261 e. The molecule has 0 radical (unpaired) electrons. The van der Waals surface area contributed by atoms with Crippen molar-refractivity contribution < 1.29 is 14.3 Å². The Kier molecular flexibility index (Phi) is 4.38. The molecule has 24 heavy (non-hydrogen) atoms. The van der Waals surface area contributed by atoms with Gasteiger partial charge >= 0.3 is 0 Å². The van der Waals surface area contributed by atoms with Crippen LogP contribution in [0.2, 0.25) is 0 Å². The Bertz CT molecular complexity index is 742. The van der Waals surface area contributed by atoms with E-state index in [2.05, 4.69) is 0 Å². The molecule has 0 aliphatic carbocycles. The van der Waals surface area contributed by atoms with E-state index in [9.17, 15) is 9.59 Å². The second-order valence-electron chi connectivity index (χ2n) is 6.40. The van der Waals surface area contributed by atoms with E-state index in [0.717, 1.165) is 16.9 Å². The number of imide groups is 1. The zero-order valence-corrected chi connectivity index (χ0v) is 14.2. The number of ether oxygens (including phenoxy) is 1. The molecule has 4 nitrogen and oxygen atoms in total. The quantitative estimate of drug-likeness (QED) is 0.790. The van der Waals surface area contributed by atoms with Crippen molar-refractivity contribution in [2.24, 2.45) is 5.92 Å². The molecule has 0 saturated heterocycles. The first-order chi connectivity index (χ1) is 11.5. The zero-order chi connectivity index (χ0) is 17.3. The summed E-state index contributed by atoms with van der Waals surface area (Å²) in [6.45, 7) is 6.82. The maximum atomic E-state index is 12.4. The molecule has 1 aliphatic rings. The summed E-state index contributed by atoms with van der Waals surface area (Å²) in [7, 11) is 0. The van der Waals surface area contributed by atoms with Crippen LogP contribution in [0.25, 0.3) is 0 Å². The molecule has 2 amide bonds. The lowest BCUT2D eigenvalue weighted by Crippen LogP contribution is -2.35. The molecule has 0 N–H and O–H groups in total. The number of carbonyl (C=O) groups is 2. The number of carbonyl (C=O) groups excluding carboxylic acids is 2. The second-order valence-corrected chi connectivity index (χ2v) is 6.40. The van der Waals surface area contributed by atoms with E-state index in [1.54, 1.807) is 24.3 Å². The first kappa shape index (κ1) is 16.2. The summed E-state index contributed by atoms with van der Waals surface area (Å²) in [6.07, 6.45) is 0. The van der Waals surface area contributed by atoms with E-state index in [-0.39, 0.29) is 17.7 Å². The first-order valence-corrected chi connectivity index (χ1v) is 8.13. The van der Waals surface area contributed by atoms with Gasteiger partial charge in [-0.1, -0.05) is 37.3 Å². The summed E-state index contributed by atoms with van der Waals surface area (Å²) < 4.78 is 5.94. The number of para-hydroxylation sites is 1. The highest BCUT2D eigenvalue weighted by molar-refractivity contribution is 6.21. The topological polar surface area (TPSA) is 46.6 Å². The van der Waals surface area contributed by atoms with Crippen molar-refractivity contribution in [3.05, 3.63) is 64.7 Å². The molecule has 124 valence electrons. The van der Waals surface area contributed by atoms with Crippen molar-refractivity contribution in [2.45, 2.75) is 20.8 Å². The van der Waals surface area contributed by atoms with E-state index in [1.165, 1.54) is 4.90 Å². The zero-order valence-electron chi connectivity index (χ0n) is 14.2. The normalized spacial score (nSPS) is 14.7. The summed E-state index contributed by atoms with van der Waals surface area (Å²) in [6, 6.07) is 13.0. The third kappa shape index (κ3) is 2.92. The van der Waals surface area contributed by atoms with Gasteiger partial charge in [0, 0.05) is 12.5 Å². The Hall–Kier alpha value is -2.62. The molecule has 0 spiro atoms. The average Bonchev–Trinajstić information content (AvgIpc) is 2.80. The van der Waals surface area contributed by atoms with E-state index in [4.69, 9.17) is 4.74 Å². The first-order valence-electron chi connectivity index (χ1n) is 8.13. The molecule has 1 aliphatic heterocycles. The minimum Gasteiger partial charge on any atom is -0.493 e. The van der Waals surface area contributed by atoms with Crippen molar-refractivity contribution in [1.82, 2.24) is 4.90 Å². The Morgan fingerprint density at radius 2 is 1.46 bits per heavy atom. The standard InChI is InChI=1S/C20H21NO3/c1-13(12-24-18-14(2)7-6-8-15(18)3)11-21-19(22)16-9-4-5-10-17(16)20(21)23/h4-10,13H,11-12H2,1-3H3/t13-/m0/s1. The molecule has 3 rings (SSSR count). The van der Waals surface area contributed by atoms with Crippen molar-refractivity contribution in [1.29, 1.82) is 0 Å². The summed E-state index contributed by atoms with van der Waals surface area (Å²) >= 11 is 0. The van der Waals surface area contributed by atoms with Crippen LogP contribution in [0.4, 0.5) is 0 Å². The van der Waals surface area contributed by atoms with E-state index >= 15 is 0 Å². The summed E-state index contributed by atoms with van der Waals surface area (Å²) in [4.78, 5) is 26.1. The van der Waals surface area contributed by atoms with Gasteiger partial charge in [-0.3, -0.25) is 14.5 Å². The SMILES string of the molecule is Cc1cccc(C)c1OC[C@@H](C)CN1C(=O)c2ccccc2C1=O. The van der Waals surface area contributed by atoms with E-state index in [1.807, 2.05) is 39.0 Å². The Morgan fingerprint density at radius 3 is 2.00 bits per heavy atom. The van der Waals surface area contributed by atoms with Crippen LogP contribution in [-0.2, 0) is 0 Å². The number of fused-ring (bicyclic) bond motifs is 1. The number of aryl methyl sites for hydroxylation is 2. The van der Waals surface area contributed by atoms with Crippen molar-refractivity contribution in [3.63, 3.8) is 0 Å². The van der Waals surface area contributed by atoms with Crippen molar-refractivity contribution in [3.8, 4) is 5.75 Å². The molecule has 4 heteroatoms. The van der Waals surface area contributed by atoms with Gasteiger partial charge in [-0.2, -0.15) is 0 Å². The van der Waals surface area contributed by atoms with Crippen molar-refractivity contribution >= 4 is 11.8 Å². The van der Waals surface area contributed by atoms with Gasteiger partial charge < -0.3 is 4.74 Å².